The zero-order valence-electron chi connectivity index (χ0n) is 6.90. The maximum absolute atomic E-state index is 10.4. The van der Waals surface area contributed by atoms with E-state index in [-0.39, 0.29) is 12.3 Å². The monoisotopic (exact) mass is 195 g/mol. The van der Waals surface area contributed by atoms with E-state index in [2.05, 4.69) is 0 Å². The standard InChI is InChI=1S/C9H9NO2S/c10-9(12)3-1-2-7-4-5-8(6-11)13-7/h1-2,4-6H,3H2,(H2,10,12). The van der Waals surface area contributed by atoms with Gasteiger partial charge in [0.25, 0.3) is 0 Å². The second-order valence-corrected chi connectivity index (χ2v) is 3.58. The van der Waals surface area contributed by atoms with Crippen molar-refractivity contribution in [1.29, 1.82) is 0 Å². The minimum atomic E-state index is -0.358. The number of carbonyl (C=O) groups excluding carboxylic acids is 2. The highest BCUT2D eigenvalue weighted by atomic mass is 32.1. The Kier molecular flexibility index (Phi) is 3.40. The fourth-order valence-electron chi connectivity index (χ4n) is 0.813. The van der Waals surface area contributed by atoms with Crippen LogP contribution in [-0.4, -0.2) is 12.2 Å². The van der Waals surface area contributed by atoms with Crippen LogP contribution in [0.15, 0.2) is 18.2 Å². The van der Waals surface area contributed by atoms with E-state index in [1.165, 1.54) is 11.3 Å². The molecule has 68 valence electrons. The average Bonchev–Trinajstić information content (AvgIpc) is 2.52. The highest BCUT2D eigenvalue weighted by molar-refractivity contribution is 7.14. The van der Waals surface area contributed by atoms with Gasteiger partial charge < -0.3 is 5.73 Å². The minimum Gasteiger partial charge on any atom is -0.369 e. The van der Waals surface area contributed by atoms with Crippen molar-refractivity contribution in [1.82, 2.24) is 0 Å². The van der Waals surface area contributed by atoms with Gasteiger partial charge >= 0.3 is 0 Å². The van der Waals surface area contributed by atoms with E-state index in [4.69, 9.17) is 5.73 Å². The third-order valence-corrected chi connectivity index (χ3v) is 2.34. The van der Waals surface area contributed by atoms with Crippen molar-refractivity contribution in [3.05, 3.63) is 28.0 Å². The van der Waals surface area contributed by atoms with Crippen LogP contribution in [0.5, 0.6) is 0 Å². The lowest BCUT2D eigenvalue weighted by molar-refractivity contribution is -0.117. The molecule has 2 N–H and O–H groups in total. The lowest BCUT2D eigenvalue weighted by Gasteiger charge is -1.84. The third kappa shape index (κ3) is 3.21. The quantitative estimate of drug-likeness (QED) is 0.739. The van der Waals surface area contributed by atoms with Gasteiger partial charge in [-0.1, -0.05) is 6.08 Å². The van der Waals surface area contributed by atoms with Gasteiger partial charge in [-0.05, 0) is 18.2 Å². The van der Waals surface area contributed by atoms with Crippen LogP contribution >= 0.6 is 11.3 Å². The Morgan fingerprint density at radius 3 is 2.69 bits per heavy atom. The van der Waals surface area contributed by atoms with Gasteiger partial charge in [0.1, 0.15) is 0 Å². The molecule has 1 aromatic rings. The topological polar surface area (TPSA) is 60.2 Å². The zero-order chi connectivity index (χ0) is 9.68. The van der Waals surface area contributed by atoms with Crippen LogP contribution in [0.2, 0.25) is 0 Å². The summed E-state index contributed by atoms with van der Waals surface area (Å²) in [5, 5.41) is 0. The van der Waals surface area contributed by atoms with E-state index in [9.17, 15) is 9.59 Å². The van der Waals surface area contributed by atoms with Crippen LogP contribution < -0.4 is 5.73 Å². The summed E-state index contributed by atoms with van der Waals surface area (Å²) in [6.45, 7) is 0. The molecule has 0 spiro atoms. The second kappa shape index (κ2) is 4.57. The zero-order valence-corrected chi connectivity index (χ0v) is 7.71. The number of nitrogens with two attached hydrogens (primary N) is 1. The van der Waals surface area contributed by atoms with Gasteiger partial charge in [0, 0.05) is 11.3 Å². The molecule has 1 amide bonds. The molecule has 0 aliphatic carbocycles. The Bertz CT molecular complexity index is 341. The number of hydrogen-bond acceptors (Lipinski definition) is 3. The number of aldehydes is 1. The van der Waals surface area contributed by atoms with Gasteiger partial charge in [0.15, 0.2) is 6.29 Å². The van der Waals surface area contributed by atoms with E-state index in [0.29, 0.717) is 4.88 Å². The molecular weight excluding hydrogens is 186 g/mol. The summed E-state index contributed by atoms with van der Waals surface area (Å²) >= 11 is 1.38. The SMILES string of the molecule is NC(=O)CC=Cc1ccc(C=O)s1. The van der Waals surface area contributed by atoms with Gasteiger partial charge in [0.05, 0.1) is 4.88 Å². The van der Waals surface area contributed by atoms with Crippen LogP contribution in [0.1, 0.15) is 21.0 Å². The summed E-state index contributed by atoms with van der Waals surface area (Å²) in [7, 11) is 0. The first kappa shape index (κ1) is 9.67. The van der Waals surface area contributed by atoms with Gasteiger partial charge in [0.2, 0.25) is 5.91 Å². The lowest BCUT2D eigenvalue weighted by atomic mass is 10.3. The molecule has 1 heterocycles. The van der Waals surface area contributed by atoms with Crippen molar-refractivity contribution in [2.75, 3.05) is 0 Å². The molecule has 0 aliphatic heterocycles. The third-order valence-electron chi connectivity index (χ3n) is 1.36. The largest absolute Gasteiger partial charge is 0.369 e. The average molecular weight is 195 g/mol. The van der Waals surface area contributed by atoms with Gasteiger partial charge in [-0.15, -0.1) is 11.3 Å². The Hall–Kier alpha value is -1.42. The van der Waals surface area contributed by atoms with Crippen LogP contribution in [0, 0.1) is 0 Å². The molecule has 1 rings (SSSR count). The van der Waals surface area contributed by atoms with Crippen molar-refractivity contribution in [2.24, 2.45) is 5.73 Å². The molecule has 3 nitrogen and oxygen atoms in total. The number of rotatable bonds is 4. The van der Waals surface area contributed by atoms with Crippen molar-refractivity contribution in [3.8, 4) is 0 Å². The fourth-order valence-corrected chi connectivity index (χ4v) is 1.57. The summed E-state index contributed by atoms with van der Waals surface area (Å²) in [5.74, 6) is -0.358. The molecule has 0 aliphatic rings. The Morgan fingerprint density at radius 2 is 2.15 bits per heavy atom. The molecule has 0 bridgehead atoms. The van der Waals surface area contributed by atoms with Gasteiger partial charge in [-0.3, -0.25) is 9.59 Å². The lowest BCUT2D eigenvalue weighted by Crippen LogP contribution is -2.07. The highest BCUT2D eigenvalue weighted by Gasteiger charge is 1.94. The normalized spacial score (nSPS) is 10.5. The van der Waals surface area contributed by atoms with Crippen molar-refractivity contribution in [2.45, 2.75) is 6.42 Å². The molecule has 13 heavy (non-hydrogen) atoms. The summed E-state index contributed by atoms with van der Waals surface area (Å²) < 4.78 is 0. The smallest absolute Gasteiger partial charge is 0.221 e. The first-order chi connectivity index (χ1) is 6.22. The minimum absolute atomic E-state index is 0.230. The molecule has 0 saturated heterocycles. The summed E-state index contributed by atoms with van der Waals surface area (Å²) in [4.78, 5) is 22.3. The van der Waals surface area contributed by atoms with Crippen molar-refractivity contribution < 1.29 is 9.59 Å². The maximum Gasteiger partial charge on any atom is 0.221 e. The molecular formula is C9H9NO2S. The van der Waals surface area contributed by atoms with E-state index >= 15 is 0 Å². The Labute approximate surface area is 79.9 Å². The maximum atomic E-state index is 10.4. The molecule has 0 aromatic carbocycles. The molecule has 0 radical (unpaired) electrons. The predicted octanol–water partition coefficient (Wildman–Crippen LogP) is 1.45. The molecule has 0 saturated carbocycles. The predicted molar refractivity (Wildman–Crippen MR) is 52.6 cm³/mol. The molecule has 1 aromatic heterocycles. The van der Waals surface area contributed by atoms with Crippen LogP contribution in [-0.2, 0) is 4.79 Å². The number of primary amides is 1. The van der Waals surface area contributed by atoms with Gasteiger partial charge in [-0.2, -0.15) is 0 Å². The summed E-state index contributed by atoms with van der Waals surface area (Å²) in [6, 6.07) is 3.56. The summed E-state index contributed by atoms with van der Waals surface area (Å²) in [5.41, 5.74) is 4.95. The second-order valence-electron chi connectivity index (χ2n) is 2.43. The summed E-state index contributed by atoms with van der Waals surface area (Å²) in [6.07, 6.45) is 4.50. The van der Waals surface area contributed by atoms with E-state index in [1.807, 2.05) is 6.07 Å². The molecule has 0 atom stereocenters. The number of hydrogen-bond donors (Lipinski definition) is 1. The van der Waals surface area contributed by atoms with Gasteiger partial charge in [-0.25, -0.2) is 0 Å². The van der Waals surface area contributed by atoms with Crippen LogP contribution in [0.4, 0.5) is 0 Å². The number of carbonyl (C=O) groups is 2. The van der Waals surface area contributed by atoms with Crippen LogP contribution in [0.25, 0.3) is 6.08 Å². The highest BCUT2D eigenvalue weighted by Crippen LogP contribution is 2.15. The molecule has 0 unspecified atom stereocenters. The first-order valence-corrected chi connectivity index (χ1v) is 4.54. The van der Waals surface area contributed by atoms with E-state index in [0.717, 1.165) is 11.2 Å². The number of amides is 1. The molecule has 0 fully saturated rings. The van der Waals surface area contributed by atoms with E-state index < -0.39 is 0 Å². The fraction of sp³-hybridized carbons (Fsp3) is 0.111. The number of thiophene rings is 1. The van der Waals surface area contributed by atoms with Crippen LogP contribution in [0.3, 0.4) is 0 Å². The van der Waals surface area contributed by atoms with Crippen molar-refractivity contribution in [3.63, 3.8) is 0 Å². The first-order valence-electron chi connectivity index (χ1n) is 3.72. The van der Waals surface area contributed by atoms with E-state index in [1.54, 1.807) is 18.2 Å². The Balaban J connectivity index is 2.58. The Morgan fingerprint density at radius 1 is 1.46 bits per heavy atom. The molecule has 4 heteroatoms. The van der Waals surface area contributed by atoms with Crippen molar-refractivity contribution >= 4 is 29.6 Å².